The molecule has 0 heterocycles. The van der Waals surface area contributed by atoms with Crippen molar-refractivity contribution in [1.82, 2.24) is 0 Å². The number of unbranched alkanes of at least 4 members (excludes halogenated alkanes) is 9. The van der Waals surface area contributed by atoms with Crippen molar-refractivity contribution in [2.75, 3.05) is 13.2 Å². The van der Waals surface area contributed by atoms with Gasteiger partial charge in [-0.05, 0) is 13.3 Å². The normalized spacial score (nSPS) is 11.8. The molecule has 0 aromatic rings. The molecule has 0 spiro atoms. The van der Waals surface area contributed by atoms with E-state index in [1.807, 2.05) is 0 Å². The summed E-state index contributed by atoms with van der Waals surface area (Å²) in [6.45, 7) is 6.85. The molecule has 0 aromatic carbocycles. The van der Waals surface area contributed by atoms with Crippen molar-refractivity contribution in [1.29, 1.82) is 0 Å². The van der Waals surface area contributed by atoms with E-state index in [2.05, 4.69) is 13.5 Å². The number of esters is 2. The van der Waals surface area contributed by atoms with Crippen molar-refractivity contribution < 1.29 is 24.2 Å². The third-order valence-electron chi connectivity index (χ3n) is 3.93. The molecule has 5 nitrogen and oxygen atoms in total. The first-order chi connectivity index (χ1) is 12.0. The summed E-state index contributed by atoms with van der Waals surface area (Å²) in [7, 11) is 0. The van der Waals surface area contributed by atoms with E-state index in [4.69, 9.17) is 9.47 Å². The first kappa shape index (κ1) is 23.6. The first-order valence-corrected chi connectivity index (χ1v) is 9.63. The third kappa shape index (κ3) is 15.9. The summed E-state index contributed by atoms with van der Waals surface area (Å²) in [5.74, 6) is -0.874. The van der Waals surface area contributed by atoms with Gasteiger partial charge in [0.15, 0.2) is 0 Å². The number of rotatable bonds is 16. The van der Waals surface area contributed by atoms with Crippen LogP contribution in [-0.2, 0) is 19.1 Å². The summed E-state index contributed by atoms with van der Waals surface area (Å²) in [6, 6.07) is 0. The molecule has 1 N–H and O–H groups in total. The molecule has 5 heteroatoms. The first-order valence-electron chi connectivity index (χ1n) is 9.63. The van der Waals surface area contributed by atoms with E-state index in [-0.39, 0.29) is 24.8 Å². The predicted octanol–water partition coefficient (Wildman–Crippen LogP) is 4.32. The van der Waals surface area contributed by atoms with Gasteiger partial charge in [0.05, 0.1) is 0 Å². The highest BCUT2D eigenvalue weighted by Crippen LogP contribution is 2.11. The van der Waals surface area contributed by atoms with Crippen LogP contribution in [0.1, 0.15) is 84.5 Å². The Balaban J connectivity index is 3.43. The average molecular weight is 357 g/mol. The SMILES string of the molecule is C=C(C)C(=O)OCC(O)COC(=O)CCCCCCCCCCCC. The maximum Gasteiger partial charge on any atom is 0.333 e. The highest BCUT2D eigenvalue weighted by Gasteiger charge is 2.12. The second-order valence-corrected chi connectivity index (χ2v) is 6.65. The minimum atomic E-state index is -1.00. The van der Waals surface area contributed by atoms with Gasteiger partial charge in [0, 0.05) is 12.0 Å². The van der Waals surface area contributed by atoms with E-state index in [9.17, 15) is 14.7 Å². The van der Waals surface area contributed by atoms with E-state index in [1.54, 1.807) is 0 Å². The second kappa shape index (κ2) is 16.1. The van der Waals surface area contributed by atoms with Crippen LogP contribution in [0.25, 0.3) is 0 Å². The molecule has 0 rings (SSSR count). The van der Waals surface area contributed by atoms with Crippen molar-refractivity contribution >= 4 is 11.9 Å². The number of hydrogen-bond donors (Lipinski definition) is 1. The zero-order valence-electron chi connectivity index (χ0n) is 16.1. The van der Waals surface area contributed by atoms with Gasteiger partial charge >= 0.3 is 11.9 Å². The Labute approximate surface area is 152 Å². The summed E-state index contributed by atoms with van der Waals surface area (Å²) in [6.07, 6.45) is 11.5. The largest absolute Gasteiger partial charge is 0.463 e. The van der Waals surface area contributed by atoms with Gasteiger partial charge < -0.3 is 14.6 Å². The van der Waals surface area contributed by atoms with Gasteiger partial charge in [-0.3, -0.25) is 4.79 Å². The quantitative estimate of drug-likeness (QED) is 0.253. The maximum absolute atomic E-state index is 11.6. The molecule has 0 fully saturated rings. The van der Waals surface area contributed by atoms with Crippen molar-refractivity contribution in [3.63, 3.8) is 0 Å². The molecule has 0 bridgehead atoms. The van der Waals surface area contributed by atoms with Crippen LogP contribution >= 0.6 is 0 Å². The maximum atomic E-state index is 11.6. The monoisotopic (exact) mass is 356 g/mol. The molecule has 0 aromatic heterocycles. The molecule has 1 atom stereocenters. The van der Waals surface area contributed by atoms with Crippen LogP contribution in [-0.4, -0.2) is 36.4 Å². The molecule has 0 saturated heterocycles. The average Bonchev–Trinajstić information content (AvgIpc) is 2.59. The minimum Gasteiger partial charge on any atom is -0.463 e. The smallest absolute Gasteiger partial charge is 0.333 e. The number of carbonyl (C=O) groups is 2. The van der Waals surface area contributed by atoms with Gasteiger partial charge in [0.25, 0.3) is 0 Å². The second-order valence-electron chi connectivity index (χ2n) is 6.65. The number of aliphatic hydroxyl groups is 1. The Morgan fingerprint density at radius 2 is 1.36 bits per heavy atom. The number of aliphatic hydroxyl groups excluding tert-OH is 1. The standard InChI is InChI=1S/C20H36O5/c1-4-5-6-7-8-9-10-11-12-13-14-19(22)24-15-18(21)16-25-20(23)17(2)3/h18,21H,2,4-16H2,1,3H3. The van der Waals surface area contributed by atoms with Crippen LogP contribution in [0.4, 0.5) is 0 Å². The van der Waals surface area contributed by atoms with Gasteiger partial charge in [-0.15, -0.1) is 0 Å². The Morgan fingerprint density at radius 1 is 0.880 bits per heavy atom. The summed E-state index contributed by atoms with van der Waals surface area (Å²) in [4.78, 5) is 22.7. The fourth-order valence-corrected chi connectivity index (χ4v) is 2.36. The Hall–Kier alpha value is -1.36. The number of hydrogen-bond acceptors (Lipinski definition) is 5. The molecular formula is C20H36O5. The molecule has 0 aliphatic rings. The Kier molecular flexibility index (Phi) is 15.2. The van der Waals surface area contributed by atoms with Crippen LogP contribution < -0.4 is 0 Å². The Bertz CT molecular complexity index is 378. The highest BCUT2D eigenvalue weighted by molar-refractivity contribution is 5.86. The molecule has 0 radical (unpaired) electrons. The fraction of sp³-hybridized carbons (Fsp3) is 0.800. The fourth-order valence-electron chi connectivity index (χ4n) is 2.36. The molecule has 0 amide bonds. The molecule has 0 aliphatic carbocycles. The molecule has 25 heavy (non-hydrogen) atoms. The van der Waals surface area contributed by atoms with Gasteiger partial charge in [-0.25, -0.2) is 4.79 Å². The van der Waals surface area contributed by atoms with Crippen molar-refractivity contribution in [2.45, 2.75) is 90.6 Å². The minimum absolute atomic E-state index is 0.153. The van der Waals surface area contributed by atoms with Crippen molar-refractivity contribution in [3.05, 3.63) is 12.2 Å². The Morgan fingerprint density at radius 3 is 1.88 bits per heavy atom. The summed E-state index contributed by atoms with van der Waals surface area (Å²) in [5, 5.41) is 9.59. The lowest BCUT2D eigenvalue weighted by Gasteiger charge is -2.12. The zero-order valence-corrected chi connectivity index (χ0v) is 16.1. The van der Waals surface area contributed by atoms with E-state index in [1.165, 1.54) is 51.9 Å². The van der Waals surface area contributed by atoms with E-state index in [0.29, 0.717) is 6.42 Å². The molecule has 1 unspecified atom stereocenters. The summed E-state index contributed by atoms with van der Waals surface area (Å²) < 4.78 is 9.76. The molecule has 146 valence electrons. The zero-order chi connectivity index (χ0) is 18.9. The van der Waals surface area contributed by atoms with Crippen molar-refractivity contribution in [3.8, 4) is 0 Å². The molecule has 0 aliphatic heterocycles. The van der Waals surface area contributed by atoms with Crippen LogP contribution in [0.5, 0.6) is 0 Å². The number of ether oxygens (including phenoxy) is 2. The predicted molar refractivity (Wildman–Crippen MR) is 99.2 cm³/mol. The van der Waals surface area contributed by atoms with E-state index >= 15 is 0 Å². The molecular weight excluding hydrogens is 320 g/mol. The summed E-state index contributed by atoms with van der Waals surface area (Å²) in [5.41, 5.74) is 0.269. The lowest BCUT2D eigenvalue weighted by atomic mass is 10.1. The topological polar surface area (TPSA) is 72.8 Å². The summed E-state index contributed by atoms with van der Waals surface area (Å²) >= 11 is 0. The van der Waals surface area contributed by atoms with E-state index in [0.717, 1.165) is 19.3 Å². The van der Waals surface area contributed by atoms with Crippen LogP contribution in [0.3, 0.4) is 0 Å². The lowest BCUT2D eigenvalue weighted by molar-refractivity contribution is -0.150. The van der Waals surface area contributed by atoms with Crippen molar-refractivity contribution in [2.24, 2.45) is 0 Å². The van der Waals surface area contributed by atoms with Gasteiger partial charge in [0.1, 0.15) is 19.3 Å². The number of carbonyl (C=O) groups excluding carboxylic acids is 2. The van der Waals surface area contributed by atoms with Gasteiger partial charge in [-0.1, -0.05) is 71.3 Å². The lowest BCUT2D eigenvalue weighted by Crippen LogP contribution is -2.25. The van der Waals surface area contributed by atoms with Crippen LogP contribution in [0.15, 0.2) is 12.2 Å². The van der Waals surface area contributed by atoms with Crippen LogP contribution in [0, 0.1) is 0 Å². The van der Waals surface area contributed by atoms with E-state index < -0.39 is 12.1 Å². The van der Waals surface area contributed by atoms with Crippen LogP contribution in [0.2, 0.25) is 0 Å². The van der Waals surface area contributed by atoms with Gasteiger partial charge in [-0.2, -0.15) is 0 Å². The molecule has 0 saturated carbocycles. The third-order valence-corrected chi connectivity index (χ3v) is 3.93. The van der Waals surface area contributed by atoms with Gasteiger partial charge in [0.2, 0.25) is 0 Å². The highest BCUT2D eigenvalue weighted by atomic mass is 16.6.